The van der Waals surface area contributed by atoms with Crippen LogP contribution < -0.4 is 15.8 Å². The zero-order valence-electron chi connectivity index (χ0n) is 19.1. The summed E-state index contributed by atoms with van der Waals surface area (Å²) < 4.78 is 17.6. The monoisotopic (exact) mass is 474 g/mol. The molecule has 2 aromatic carbocycles. The number of aromatic amines is 1. The fourth-order valence-corrected chi connectivity index (χ4v) is 5.17. The van der Waals surface area contributed by atoms with Gasteiger partial charge in [0, 0.05) is 41.8 Å². The first-order chi connectivity index (χ1) is 16.5. The van der Waals surface area contributed by atoms with Crippen molar-refractivity contribution in [3.63, 3.8) is 0 Å². The van der Waals surface area contributed by atoms with Crippen molar-refractivity contribution in [2.24, 2.45) is 0 Å². The third kappa shape index (κ3) is 4.40. The van der Waals surface area contributed by atoms with Crippen LogP contribution in [0.25, 0.3) is 22.0 Å². The van der Waals surface area contributed by atoms with E-state index in [4.69, 9.17) is 9.72 Å². The second kappa shape index (κ2) is 9.50. The minimum absolute atomic E-state index is 0.205. The number of H-pyrrole nitrogens is 1. The van der Waals surface area contributed by atoms with Gasteiger partial charge in [0.15, 0.2) is 4.90 Å². The van der Waals surface area contributed by atoms with E-state index in [0.29, 0.717) is 11.2 Å². The van der Waals surface area contributed by atoms with Crippen LogP contribution in [-0.2, 0) is 15.9 Å². The Kier molecular flexibility index (Phi) is 6.28. The SMILES string of the molecule is Cc1c(-c2cc3cc[nH]c(=O)c3c(Nc3ccc(N4CCOCC4)cc3)n2)cccc1[S+](C)[O-]. The van der Waals surface area contributed by atoms with Crippen molar-refractivity contribution in [3.05, 3.63) is 76.7 Å². The molecule has 2 aromatic heterocycles. The van der Waals surface area contributed by atoms with E-state index >= 15 is 0 Å². The highest BCUT2D eigenvalue weighted by molar-refractivity contribution is 7.90. The molecule has 3 heterocycles. The summed E-state index contributed by atoms with van der Waals surface area (Å²) in [5, 5.41) is 4.63. The Bertz CT molecular complexity index is 1380. The van der Waals surface area contributed by atoms with Crippen LogP contribution in [0.4, 0.5) is 17.2 Å². The Morgan fingerprint density at radius 1 is 1.12 bits per heavy atom. The summed E-state index contributed by atoms with van der Waals surface area (Å²) in [6.07, 6.45) is 3.31. The maximum atomic E-state index is 12.7. The zero-order valence-corrected chi connectivity index (χ0v) is 19.9. The minimum atomic E-state index is -1.11. The number of nitrogens with one attached hydrogen (secondary N) is 2. The van der Waals surface area contributed by atoms with E-state index in [9.17, 15) is 9.35 Å². The minimum Gasteiger partial charge on any atom is -0.612 e. The van der Waals surface area contributed by atoms with E-state index in [-0.39, 0.29) is 5.56 Å². The maximum Gasteiger partial charge on any atom is 0.259 e. The van der Waals surface area contributed by atoms with E-state index in [2.05, 4.69) is 27.3 Å². The predicted molar refractivity (Wildman–Crippen MR) is 138 cm³/mol. The number of pyridine rings is 2. The van der Waals surface area contributed by atoms with Gasteiger partial charge >= 0.3 is 0 Å². The molecule has 0 spiro atoms. The van der Waals surface area contributed by atoms with Gasteiger partial charge in [0.2, 0.25) is 0 Å². The number of aromatic nitrogens is 2. The molecule has 7 nitrogen and oxygen atoms in total. The van der Waals surface area contributed by atoms with Gasteiger partial charge in [-0.05, 0) is 66.0 Å². The van der Waals surface area contributed by atoms with E-state index in [0.717, 1.165) is 64.8 Å². The van der Waals surface area contributed by atoms with Crippen molar-refractivity contribution in [1.82, 2.24) is 9.97 Å². The lowest BCUT2D eigenvalue weighted by Gasteiger charge is -2.28. The molecule has 0 bridgehead atoms. The smallest absolute Gasteiger partial charge is 0.259 e. The number of morpholine rings is 1. The van der Waals surface area contributed by atoms with Gasteiger partial charge in [0.1, 0.15) is 12.1 Å². The van der Waals surface area contributed by atoms with Crippen LogP contribution in [0, 0.1) is 6.92 Å². The molecule has 1 unspecified atom stereocenters. The third-order valence-corrected chi connectivity index (χ3v) is 7.19. The van der Waals surface area contributed by atoms with Crippen molar-refractivity contribution in [2.75, 3.05) is 42.8 Å². The predicted octanol–water partition coefficient (Wildman–Crippen LogP) is 4.22. The number of anilines is 3. The van der Waals surface area contributed by atoms with Crippen molar-refractivity contribution < 1.29 is 9.29 Å². The first-order valence-corrected chi connectivity index (χ1v) is 12.7. The Balaban J connectivity index is 1.56. The average molecular weight is 475 g/mol. The molecule has 0 aliphatic carbocycles. The number of nitrogens with zero attached hydrogens (tertiary/aromatic N) is 2. The quantitative estimate of drug-likeness (QED) is 0.421. The second-order valence-corrected chi connectivity index (χ2v) is 9.63. The van der Waals surface area contributed by atoms with Gasteiger partial charge in [0.05, 0.1) is 24.3 Å². The van der Waals surface area contributed by atoms with E-state index in [1.165, 1.54) is 0 Å². The molecular weight excluding hydrogens is 448 g/mol. The van der Waals surface area contributed by atoms with Crippen molar-refractivity contribution in [1.29, 1.82) is 0 Å². The number of rotatable bonds is 5. The summed E-state index contributed by atoms with van der Waals surface area (Å²) in [7, 11) is 0. The Morgan fingerprint density at radius 2 is 1.88 bits per heavy atom. The van der Waals surface area contributed by atoms with Gasteiger partial charge < -0.3 is 24.5 Å². The summed E-state index contributed by atoms with van der Waals surface area (Å²) in [6.45, 7) is 5.16. The number of hydrogen-bond donors (Lipinski definition) is 2. The highest BCUT2D eigenvalue weighted by Gasteiger charge is 2.17. The van der Waals surface area contributed by atoms with Gasteiger partial charge in [-0.2, -0.15) is 0 Å². The Labute approximate surface area is 201 Å². The highest BCUT2D eigenvalue weighted by Crippen LogP contribution is 2.32. The summed E-state index contributed by atoms with van der Waals surface area (Å²) >= 11 is -1.11. The summed E-state index contributed by atoms with van der Waals surface area (Å²) in [4.78, 5) is 23.4. The first-order valence-electron chi connectivity index (χ1n) is 11.2. The van der Waals surface area contributed by atoms with Gasteiger partial charge in [-0.3, -0.25) is 4.79 Å². The fourth-order valence-electron chi connectivity index (χ4n) is 4.36. The molecule has 0 saturated carbocycles. The van der Waals surface area contributed by atoms with Gasteiger partial charge in [-0.1, -0.05) is 12.1 Å². The highest BCUT2D eigenvalue weighted by atomic mass is 32.2. The number of benzene rings is 2. The van der Waals surface area contributed by atoms with E-state index in [1.54, 1.807) is 12.5 Å². The Hall–Kier alpha value is -3.33. The van der Waals surface area contributed by atoms with Gasteiger partial charge in [-0.25, -0.2) is 4.98 Å². The topological polar surface area (TPSA) is 93.3 Å². The van der Waals surface area contributed by atoms with Crippen LogP contribution in [0.3, 0.4) is 0 Å². The zero-order chi connectivity index (χ0) is 23.7. The largest absolute Gasteiger partial charge is 0.612 e. The molecule has 1 saturated heterocycles. The van der Waals surface area contributed by atoms with Gasteiger partial charge in [-0.15, -0.1) is 0 Å². The molecule has 1 fully saturated rings. The molecule has 1 aliphatic rings. The van der Waals surface area contributed by atoms with Crippen LogP contribution in [0.2, 0.25) is 0 Å². The molecule has 0 radical (unpaired) electrons. The molecule has 1 aliphatic heterocycles. The molecule has 8 heteroatoms. The third-order valence-electron chi connectivity index (χ3n) is 6.13. The first kappa shape index (κ1) is 22.5. The molecule has 34 heavy (non-hydrogen) atoms. The average Bonchev–Trinajstić information content (AvgIpc) is 2.85. The van der Waals surface area contributed by atoms with Crippen LogP contribution in [0.5, 0.6) is 0 Å². The molecular formula is C26H26N4O3S. The van der Waals surface area contributed by atoms with Crippen molar-refractivity contribution in [2.45, 2.75) is 11.8 Å². The van der Waals surface area contributed by atoms with E-state index < -0.39 is 11.2 Å². The summed E-state index contributed by atoms with van der Waals surface area (Å²) in [5.74, 6) is 0.482. The van der Waals surface area contributed by atoms with Crippen molar-refractivity contribution >= 4 is 39.1 Å². The van der Waals surface area contributed by atoms with Crippen LogP contribution in [0.1, 0.15) is 5.56 Å². The number of hydrogen-bond acceptors (Lipinski definition) is 6. The second-order valence-electron chi connectivity index (χ2n) is 8.28. The van der Waals surface area contributed by atoms with Crippen LogP contribution in [0.15, 0.2) is 70.5 Å². The van der Waals surface area contributed by atoms with E-state index in [1.807, 2.05) is 49.4 Å². The summed E-state index contributed by atoms with van der Waals surface area (Å²) in [5.41, 5.74) is 4.30. The summed E-state index contributed by atoms with van der Waals surface area (Å²) in [6, 6.07) is 17.6. The standard InChI is InChI=1S/C26H26N4O3S/c1-17-21(4-3-5-23(17)34(2)32)22-16-18-10-11-27-26(31)24(18)25(29-22)28-19-6-8-20(9-7-19)30-12-14-33-15-13-30/h3-11,16H,12-15H2,1-2H3,(H,27,31)(H,28,29). The molecule has 4 aromatic rings. The molecule has 1 atom stereocenters. The van der Waals surface area contributed by atoms with Crippen LogP contribution >= 0.6 is 0 Å². The lowest BCUT2D eigenvalue weighted by molar-refractivity contribution is 0.122. The van der Waals surface area contributed by atoms with Crippen LogP contribution in [-0.4, -0.2) is 47.1 Å². The van der Waals surface area contributed by atoms with Gasteiger partial charge in [0.25, 0.3) is 5.56 Å². The lowest BCUT2D eigenvalue weighted by Crippen LogP contribution is -2.36. The normalized spacial score (nSPS) is 14.9. The molecule has 5 rings (SSSR count). The number of fused-ring (bicyclic) bond motifs is 1. The maximum absolute atomic E-state index is 12.7. The number of ether oxygens (including phenoxy) is 1. The molecule has 0 amide bonds. The lowest BCUT2D eigenvalue weighted by atomic mass is 10.0. The fraction of sp³-hybridized carbons (Fsp3) is 0.231. The molecule has 174 valence electrons. The Morgan fingerprint density at radius 3 is 2.62 bits per heavy atom. The molecule has 2 N–H and O–H groups in total. The van der Waals surface area contributed by atoms with Crippen molar-refractivity contribution in [3.8, 4) is 11.3 Å².